The third kappa shape index (κ3) is 3.60. The Kier molecular flexibility index (Phi) is 6.45. The molecule has 0 aliphatic rings. The van der Waals surface area contributed by atoms with Gasteiger partial charge in [-0.05, 0) is 24.8 Å². The average Bonchev–Trinajstić information content (AvgIpc) is 2.38. The van der Waals surface area contributed by atoms with E-state index in [2.05, 4.69) is 23.2 Å². The first-order valence-corrected chi connectivity index (χ1v) is 7.60. The van der Waals surface area contributed by atoms with Gasteiger partial charge in [-0.1, -0.05) is 20.8 Å². The number of aromatic nitrogens is 2. The average molecular weight is 284 g/mol. The van der Waals surface area contributed by atoms with Crippen molar-refractivity contribution in [2.75, 3.05) is 5.88 Å². The van der Waals surface area contributed by atoms with Gasteiger partial charge in [0.05, 0.1) is 11.3 Å². The first kappa shape index (κ1) is 15.3. The van der Waals surface area contributed by atoms with E-state index in [1.165, 1.54) is 0 Å². The molecule has 1 heterocycles. The number of nitriles is 1. The second-order valence-electron chi connectivity index (χ2n) is 4.03. The van der Waals surface area contributed by atoms with E-state index in [9.17, 15) is 5.26 Å². The largest absolute Gasteiger partial charge is 0.192 e. The molecule has 1 aromatic heterocycles. The van der Waals surface area contributed by atoms with Crippen molar-refractivity contribution in [3.8, 4) is 6.07 Å². The Morgan fingerprint density at radius 1 is 1.33 bits per heavy atom. The summed E-state index contributed by atoms with van der Waals surface area (Å²) in [6, 6.07) is 2.28. The maximum absolute atomic E-state index is 9.34. The van der Waals surface area contributed by atoms with Crippen LogP contribution in [0.1, 0.15) is 44.0 Å². The Morgan fingerprint density at radius 3 is 2.56 bits per heavy atom. The first-order valence-electron chi connectivity index (χ1n) is 6.18. The van der Waals surface area contributed by atoms with Gasteiger partial charge in [-0.2, -0.15) is 10.4 Å². The molecule has 3 nitrogen and oxygen atoms in total. The maximum atomic E-state index is 9.34. The van der Waals surface area contributed by atoms with Crippen LogP contribution in [0.25, 0.3) is 0 Å². The van der Waals surface area contributed by atoms with E-state index in [1.807, 2.05) is 13.8 Å². The highest BCUT2D eigenvalue weighted by molar-refractivity contribution is 7.99. The molecule has 0 saturated heterocycles. The van der Waals surface area contributed by atoms with Gasteiger partial charge in [-0.3, -0.25) is 0 Å². The number of hydrogen-bond acceptors (Lipinski definition) is 4. The summed E-state index contributed by atoms with van der Waals surface area (Å²) < 4.78 is 0. The van der Waals surface area contributed by atoms with Crippen LogP contribution in [0.4, 0.5) is 0 Å². The monoisotopic (exact) mass is 283 g/mol. The number of nitrogens with zero attached hydrogens (tertiary/aromatic N) is 3. The fraction of sp³-hybridized carbons (Fsp3) is 0.615. The Balaban J connectivity index is 3.10. The van der Waals surface area contributed by atoms with Crippen molar-refractivity contribution in [3.05, 3.63) is 16.8 Å². The minimum absolute atomic E-state index is 0.348. The molecule has 5 heteroatoms. The summed E-state index contributed by atoms with van der Waals surface area (Å²) in [5, 5.41) is 18.9. The molecule has 1 atom stereocenters. The number of rotatable bonds is 6. The van der Waals surface area contributed by atoms with Gasteiger partial charge in [0.15, 0.2) is 0 Å². The van der Waals surface area contributed by atoms with Crippen molar-refractivity contribution in [3.63, 3.8) is 0 Å². The lowest BCUT2D eigenvalue weighted by atomic mass is 10.1. The van der Waals surface area contributed by atoms with Crippen molar-refractivity contribution in [1.82, 2.24) is 10.2 Å². The second-order valence-corrected chi connectivity index (χ2v) is 5.84. The number of thioether (sulfide) groups is 1. The maximum Gasteiger partial charge on any atom is 0.137 e. The third-order valence-electron chi connectivity index (χ3n) is 2.75. The molecule has 1 aromatic rings. The molecule has 0 aliphatic heterocycles. The van der Waals surface area contributed by atoms with Crippen LogP contribution in [-0.4, -0.2) is 21.3 Å². The van der Waals surface area contributed by atoms with Gasteiger partial charge in [0.2, 0.25) is 0 Å². The fourth-order valence-corrected chi connectivity index (χ4v) is 3.20. The molecule has 1 unspecified atom stereocenters. The Hall–Kier alpha value is -0.790. The molecule has 0 radical (unpaired) electrons. The molecular formula is C13H18ClN3S. The van der Waals surface area contributed by atoms with Gasteiger partial charge in [-0.25, -0.2) is 0 Å². The van der Waals surface area contributed by atoms with Crippen LogP contribution < -0.4 is 0 Å². The molecule has 0 aromatic carbocycles. The molecule has 0 spiro atoms. The lowest BCUT2D eigenvalue weighted by Crippen LogP contribution is -2.06. The lowest BCUT2D eigenvalue weighted by Gasteiger charge is -2.12. The van der Waals surface area contributed by atoms with Crippen LogP contribution in [0, 0.1) is 11.3 Å². The zero-order chi connectivity index (χ0) is 13.5. The van der Waals surface area contributed by atoms with Crippen LogP contribution in [0.2, 0.25) is 0 Å². The molecule has 0 bridgehead atoms. The van der Waals surface area contributed by atoms with Gasteiger partial charge >= 0.3 is 0 Å². The van der Waals surface area contributed by atoms with E-state index in [0.717, 1.165) is 35.5 Å². The highest BCUT2D eigenvalue weighted by atomic mass is 35.5. The smallest absolute Gasteiger partial charge is 0.137 e. The van der Waals surface area contributed by atoms with Crippen LogP contribution in [0.15, 0.2) is 5.03 Å². The van der Waals surface area contributed by atoms with Gasteiger partial charge in [0.25, 0.3) is 0 Å². The SMILES string of the molecule is CCc1nnc(SC(C)CCCl)c(C#N)c1CC. The molecule has 0 fully saturated rings. The van der Waals surface area contributed by atoms with E-state index in [0.29, 0.717) is 16.7 Å². The molecule has 0 aliphatic carbocycles. The summed E-state index contributed by atoms with van der Waals surface area (Å²) in [6.07, 6.45) is 2.53. The zero-order valence-electron chi connectivity index (χ0n) is 11.0. The Morgan fingerprint density at radius 2 is 2.06 bits per heavy atom. The van der Waals surface area contributed by atoms with E-state index in [-0.39, 0.29) is 0 Å². The van der Waals surface area contributed by atoms with E-state index in [4.69, 9.17) is 11.6 Å². The summed E-state index contributed by atoms with van der Waals surface area (Å²) in [6.45, 7) is 6.18. The summed E-state index contributed by atoms with van der Waals surface area (Å²) in [5.74, 6) is 0.622. The molecule has 0 saturated carbocycles. The van der Waals surface area contributed by atoms with Crippen LogP contribution in [0.3, 0.4) is 0 Å². The molecule has 0 N–H and O–H groups in total. The standard InChI is InChI=1S/C13H18ClN3S/c1-4-10-11(8-15)13(17-16-12(10)5-2)18-9(3)6-7-14/h9H,4-7H2,1-3H3. The Labute approximate surface area is 118 Å². The minimum Gasteiger partial charge on any atom is -0.192 e. The highest BCUT2D eigenvalue weighted by Gasteiger charge is 2.16. The van der Waals surface area contributed by atoms with Gasteiger partial charge in [0, 0.05) is 11.1 Å². The van der Waals surface area contributed by atoms with Crippen LogP contribution in [0.5, 0.6) is 0 Å². The van der Waals surface area contributed by atoms with E-state index in [1.54, 1.807) is 11.8 Å². The normalized spacial score (nSPS) is 12.2. The predicted octanol–water partition coefficient (Wildman–Crippen LogP) is 3.58. The van der Waals surface area contributed by atoms with Gasteiger partial charge < -0.3 is 0 Å². The fourth-order valence-electron chi connectivity index (χ4n) is 1.76. The Bertz CT molecular complexity index is 443. The van der Waals surface area contributed by atoms with Gasteiger partial charge in [0.1, 0.15) is 11.1 Å². The number of halogens is 1. The number of alkyl halides is 1. The van der Waals surface area contributed by atoms with Crippen LogP contribution in [-0.2, 0) is 12.8 Å². The van der Waals surface area contributed by atoms with Crippen LogP contribution >= 0.6 is 23.4 Å². The topological polar surface area (TPSA) is 49.6 Å². The van der Waals surface area contributed by atoms with Crippen molar-refractivity contribution < 1.29 is 0 Å². The summed E-state index contributed by atoms with van der Waals surface area (Å²) in [4.78, 5) is 0. The van der Waals surface area contributed by atoms with Crippen molar-refractivity contribution in [1.29, 1.82) is 5.26 Å². The second kappa shape index (κ2) is 7.60. The molecular weight excluding hydrogens is 266 g/mol. The summed E-state index contributed by atoms with van der Waals surface area (Å²) in [7, 11) is 0. The summed E-state index contributed by atoms with van der Waals surface area (Å²) in [5.41, 5.74) is 2.66. The third-order valence-corrected chi connectivity index (χ3v) is 4.12. The highest BCUT2D eigenvalue weighted by Crippen LogP contribution is 2.29. The van der Waals surface area contributed by atoms with Crippen molar-refractivity contribution in [2.24, 2.45) is 0 Å². The van der Waals surface area contributed by atoms with Gasteiger partial charge in [-0.15, -0.1) is 28.5 Å². The molecule has 0 amide bonds. The number of aryl methyl sites for hydroxylation is 1. The predicted molar refractivity (Wildman–Crippen MR) is 76.2 cm³/mol. The molecule has 98 valence electrons. The minimum atomic E-state index is 0.348. The lowest BCUT2D eigenvalue weighted by molar-refractivity contribution is 0.811. The zero-order valence-corrected chi connectivity index (χ0v) is 12.6. The van der Waals surface area contributed by atoms with Crippen molar-refractivity contribution in [2.45, 2.75) is 50.3 Å². The molecule has 1 rings (SSSR count). The van der Waals surface area contributed by atoms with Crippen molar-refractivity contribution >= 4 is 23.4 Å². The van der Waals surface area contributed by atoms with E-state index >= 15 is 0 Å². The quantitative estimate of drug-likeness (QED) is 0.591. The summed E-state index contributed by atoms with van der Waals surface area (Å²) >= 11 is 7.32. The first-order chi connectivity index (χ1) is 8.67. The molecule has 18 heavy (non-hydrogen) atoms. The van der Waals surface area contributed by atoms with E-state index < -0.39 is 0 Å². The number of hydrogen-bond donors (Lipinski definition) is 0.